The van der Waals surface area contributed by atoms with E-state index in [2.05, 4.69) is 12.2 Å². The molecule has 1 amide bonds. The van der Waals surface area contributed by atoms with E-state index in [4.69, 9.17) is 5.11 Å². The number of carboxylic acids is 1. The van der Waals surface area contributed by atoms with Crippen molar-refractivity contribution in [2.24, 2.45) is 0 Å². The van der Waals surface area contributed by atoms with Gasteiger partial charge in [0.05, 0.1) is 0 Å². The number of aliphatic carboxylic acids is 1. The minimum atomic E-state index is -0.673. The average molecular weight is 370 g/mol. The van der Waals surface area contributed by atoms with Crippen LogP contribution < -0.4 is 5.32 Å². The molecule has 4 nitrogen and oxygen atoms in total. The zero-order valence-corrected chi connectivity index (χ0v) is 17.2. The number of carboxylic acid groups (broad SMARTS) is 1. The molecule has 0 aliphatic rings. The molecule has 0 radical (unpaired) electrons. The lowest BCUT2D eigenvalue weighted by Crippen LogP contribution is -2.23. The number of amides is 1. The maximum Gasteiger partial charge on any atom is 0.303 e. The van der Waals surface area contributed by atoms with Gasteiger partial charge in [-0.1, -0.05) is 90.4 Å². The van der Waals surface area contributed by atoms with Crippen LogP contribution in [0.15, 0.2) is 0 Å². The Morgan fingerprint density at radius 2 is 1.04 bits per heavy atom. The van der Waals surface area contributed by atoms with E-state index in [9.17, 15) is 9.59 Å². The molecule has 4 heteroatoms. The SMILES string of the molecule is CCCCCCNC(=O)CCCCCCCCCCCCCCC(=O)O. The van der Waals surface area contributed by atoms with Gasteiger partial charge in [0.25, 0.3) is 0 Å². The number of nitrogens with one attached hydrogen (secondary N) is 1. The Bertz CT molecular complexity index is 331. The summed E-state index contributed by atoms with van der Waals surface area (Å²) in [6.45, 7) is 3.05. The molecule has 0 saturated carbocycles. The summed E-state index contributed by atoms with van der Waals surface area (Å²) in [5.74, 6) is -0.446. The van der Waals surface area contributed by atoms with Gasteiger partial charge in [0.2, 0.25) is 5.91 Å². The Kier molecular flexibility index (Phi) is 19.4. The van der Waals surface area contributed by atoms with E-state index in [0.29, 0.717) is 12.8 Å². The summed E-state index contributed by atoms with van der Waals surface area (Å²) in [5.41, 5.74) is 0. The highest BCUT2D eigenvalue weighted by molar-refractivity contribution is 5.75. The summed E-state index contributed by atoms with van der Waals surface area (Å²) in [4.78, 5) is 22.1. The van der Waals surface area contributed by atoms with Gasteiger partial charge in [-0.05, 0) is 19.3 Å². The monoisotopic (exact) mass is 369 g/mol. The van der Waals surface area contributed by atoms with E-state index < -0.39 is 5.97 Å². The van der Waals surface area contributed by atoms with Gasteiger partial charge >= 0.3 is 5.97 Å². The van der Waals surface area contributed by atoms with E-state index in [1.54, 1.807) is 0 Å². The minimum Gasteiger partial charge on any atom is -0.481 e. The minimum absolute atomic E-state index is 0.227. The van der Waals surface area contributed by atoms with Crippen LogP contribution in [0.2, 0.25) is 0 Å². The first kappa shape index (κ1) is 24.9. The van der Waals surface area contributed by atoms with Gasteiger partial charge in [-0.3, -0.25) is 9.59 Å². The normalized spacial score (nSPS) is 10.8. The molecule has 0 aliphatic heterocycles. The van der Waals surface area contributed by atoms with Crippen molar-refractivity contribution in [3.05, 3.63) is 0 Å². The van der Waals surface area contributed by atoms with Crippen LogP contribution in [0.4, 0.5) is 0 Å². The molecule has 0 aromatic heterocycles. The quantitative estimate of drug-likeness (QED) is 0.250. The van der Waals surface area contributed by atoms with Crippen LogP contribution in [-0.4, -0.2) is 23.5 Å². The lowest BCUT2D eigenvalue weighted by molar-refractivity contribution is -0.137. The molecule has 154 valence electrons. The second-order valence-electron chi connectivity index (χ2n) is 7.55. The van der Waals surface area contributed by atoms with Crippen LogP contribution in [0.1, 0.15) is 122 Å². The lowest BCUT2D eigenvalue weighted by atomic mass is 10.0. The molecule has 0 bridgehead atoms. The third-order valence-corrected chi connectivity index (χ3v) is 4.90. The van der Waals surface area contributed by atoms with E-state index in [0.717, 1.165) is 32.2 Å². The Morgan fingerprint density at radius 1 is 0.615 bits per heavy atom. The first-order valence-electron chi connectivity index (χ1n) is 11.1. The highest BCUT2D eigenvalue weighted by Gasteiger charge is 2.00. The van der Waals surface area contributed by atoms with Gasteiger partial charge in [-0.2, -0.15) is 0 Å². The second-order valence-corrected chi connectivity index (χ2v) is 7.55. The smallest absolute Gasteiger partial charge is 0.303 e. The molecule has 0 aliphatic carbocycles. The first-order valence-corrected chi connectivity index (χ1v) is 11.1. The molecule has 0 spiro atoms. The molecule has 0 aromatic carbocycles. The summed E-state index contributed by atoms with van der Waals surface area (Å²) < 4.78 is 0. The summed E-state index contributed by atoms with van der Waals surface area (Å²) >= 11 is 0. The van der Waals surface area contributed by atoms with Crippen LogP contribution in [-0.2, 0) is 9.59 Å². The number of carbonyl (C=O) groups excluding carboxylic acids is 1. The number of rotatable bonds is 20. The fourth-order valence-corrected chi connectivity index (χ4v) is 3.20. The van der Waals surface area contributed by atoms with Crippen molar-refractivity contribution in [1.29, 1.82) is 0 Å². The first-order chi connectivity index (χ1) is 12.7. The number of hydrogen-bond acceptors (Lipinski definition) is 2. The molecular formula is C22H43NO3. The lowest BCUT2D eigenvalue weighted by Gasteiger charge is -2.05. The number of unbranched alkanes of at least 4 members (excludes halogenated alkanes) is 14. The van der Waals surface area contributed by atoms with Crippen LogP contribution in [0.25, 0.3) is 0 Å². The largest absolute Gasteiger partial charge is 0.481 e. The predicted molar refractivity (Wildman–Crippen MR) is 109 cm³/mol. The summed E-state index contributed by atoms with van der Waals surface area (Å²) in [5, 5.41) is 11.6. The second kappa shape index (κ2) is 20.3. The average Bonchev–Trinajstić information content (AvgIpc) is 2.61. The fraction of sp³-hybridized carbons (Fsp3) is 0.909. The van der Waals surface area contributed by atoms with Crippen LogP contribution >= 0.6 is 0 Å². The molecule has 26 heavy (non-hydrogen) atoms. The van der Waals surface area contributed by atoms with Crippen molar-refractivity contribution in [2.45, 2.75) is 122 Å². The van der Waals surface area contributed by atoms with Crippen molar-refractivity contribution in [3.63, 3.8) is 0 Å². The zero-order valence-electron chi connectivity index (χ0n) is 17.2. The van der Waals surface area contributed by atoms with E-state index in [1.807, 2.05) is 0 Å². The Morgan fingerprint density at radius 3 is 1.50 bits per heavy atom. The molecule has 0 atom stereocenters. The maximum atomic E-state index is 11.7. The van der Waals surface area contributed by atoms with Crippen LogP contribution in [0.3, 0.4) is 0 Å². The Hall–Kier alpha value is -1.06. The molecule has 0 heterocycles. The topological polar surface area (TPSA) is 66.4 Å². The molecule has 0 aromatic rings. The van der Waals surface area contributed by atoms with Gasteiger partial charge in [0, 0.05) is 19.4 Å². The highest BCUT2D eigenvalue weighted by atomic mass is 16.4. The molecule has 2 N–H and O–H groups in total. The van der Waals surface area contributed by atoms with E-state index in [1.165, 1.54) is 77.0 Å². The van der Waals surface area contributed by atoms with Crippen molar-refractivity contribution in [1.82, 2.24) is 5.32 Å². The molecular weight excluding hydrogens is 326 g/mol. The van der Waals surface area contributed by atoms with Crippen molar-refractivity contribution < 1.29 is 14.7 Å². The van der Waals surface area contributed by atoms with Gasteiger partial charge in [0.1, 0.15) is 0 Å². The van der Waals surface area contributed by atoms with E-state index >= 15 is 0 Å². The standard InChI is InChI=1S/C22H43NO3/c1-2-3-4-17-20-23-21(24)18-15-13-11-9-7-5-6-8-10-12-14-16-19-22(25)26/h2-20H2,1H3,(H,23,24)(H,25,26). The fourth-order valence-electron chi connectivity index (χ4n) is 3.20. The highest BCUT2D eigenvalue weighted by Crippen LogP contribution is 2.13. The van der Waals surface area contributed by atoms with Crippen molar-refractivity contribution in [3.8, 4) is 0 Å². The van der Waals surface area contributed by atoms with Gasteiger partial charge in [-0.25, -0.2) is 0 Å². The Labute approximate surface area is 161 Å². The van der Waals surface area contributed by atoms with Gasteiger partial charge < -0.3 is 10.4 Å². The van der Waals surface area contributed by atoms with Crippen molar-refractivity contribution in [2.75, 3.05) is 6.54 Å². The Balaban J connectivity index is 3.12. The molecule has 0 fully saturated rings. The summed E-state index contributed by atoms with van der Waals surface area (Å²) in [7, 11) is 0. The maximum absolute atomic E-state index is 11.7. The van der Waals surface area contributed by atoms with Crippen LogP contribution in [0, 0.1) is 0 Å². The molecule has 0 rings (SSSR count). The predicted octanol–water partition coefficient (Wildman–Crippen LogP) is 6.23. The summed E-state index contributed by atoms with van der Waals surface area (Å²) in [6.07, 6.45) is 20.1. The third-order valence-electron chi connectivity index (χ3n) is 4.90. The number of hydrogen-bond donors (Lipinski definition) is 2. The van der Waals surface area contributed by atoms with Crippen LogP contribution in [0.5, 0.6) is 0 Å². The summed E-state index contributed by atoms with van der Waals surface area (Å²) in [6, 6.07) is 0. The molecule has 0 saturated heterocycles. The zero-order chi connectivity index (χ0) is 19.3. The molecule has 0 unspecified atom stereocenters. The number of carbonyl (C=O) groups is 2. The van der Waals surface area contributed by atoms with Gasteiger partial charge in [0.15, 0.2) is 0 Å². The van der Waals surface area contributed by atoms with E-state index in [-0.39, 0.29) is 5.91 Å². The van der Waals surface area contributed by atoms with Crippen molar-refractivity contribution >= 4 is 11.9 Å². The third kappa shape index (κ3) is 21.0. The van der Waals surface area contributed by atoms with Gasteiger partial charge in [-0.15, -0.1) is 0 Å².